The molecule has 0 saturated carbocycles. The van der Waals surface area contributed by atoms with Gasteiger partial charge in [0.1, 0.15) is 11.5 Å². The number of likely N-dealkylation sites (N-methyl/N-ethyl adjacent to an activating group) is 1. The van der Waals surface area contributed by atoms with Gasteiger partial charge in [0.2, 0.25) is 0 Å². The minimum Gasteiger partial charge on any atom is -0.494 e. The summed E-state index contributed by atoms with van der Waals surface area (Å²) in [5, 5.41) is 3.19. The van der Waals surface area contributed by atoms with Gasteiger partial charge in [-0.15, -0.1) is 0 Å². The lowest BCUT2D eigenvalue weighted by atomic mass is 10.0. The maximum absolute atomic E-state index is 6.21. The fourth-order valence-electron chi connectivity index (χ4n) is 3.42. The van der Waals surface area contributed by atoms with Crippen LogP contribution in [0.25, 0.3) is 0 Å². The SMILES string of the molecule is CCOc1ccc(OCC)c(NC(N)=NCC(C(C)C)N2CCN(C)CC2)c1. The summed E-state index contributed by atoms with van der Waals surface area (Å²) in [5.74, 6) is 2.43. The van der Waals surface area contributed by atoms with Crippen LogP contribution in [0.5, 0.6) is 11.5 Å². The quantitative estimate of drug-likeness (QED) is 0.498. The molecule has 1 aromatic rings. The number of nitrogens with zero attached hydrogens (tertiary/aromatic N) is 3. The zero-order valence-electron chi connectivity index (χ0n) is 18.1. The minimum absolute atomic E-state index is 0.384. The van der Waals surface area contributed by atoms with Crippen molar-refractivity contribution < 1.29 is 9.47 Å². The molecule has 0 amide bonds. The number of ether oxygens (including phenoxy) is 2. The number of benzene rings is 1. The molecule has 1 heterocycles. The molecule has 7 nitrogen and oxygen atoms in total. The van der Waals surface area contributed by atoms with Crippen LogP contribution in [0.3, 0.4) is 0 Å². The van der Waals surface area contributed by atoms with Gasteiger partial charge in [-0.1, -0.05) is 13.8 Å². The first-order valence-corrected chi connectivity index (χ1v) is 10.3. The maximum Gasteiger partial charge on any atom is 0.193 e. The molecule has 1 saturated heterocycles. The van der Waals surface area contributed by atoms with Crippen LogP contribution in [0.1, 0.15) is 27.7 Å². The van der Waals surface area contributed by atoms with E-state index in [0.29, 0.717) is 37.7 Å². The predicted octanol–water partition coefficient (Wildman–Crippen LogP) is 2.48. The number of piperazine rings is 1. The molecule has 1 unspecified atom stereocenters. The molecule has 1 aliphatic heterocycles. The van der Waals surface area contributed by atoms with Gasteiger partial charge in [0.25, 0.3) is 0 Å². The zero-order chi connectivity index (χ0) is 20.5. The second-order valence-electron chi connectivity index (χ2n) is 7.53. The molecular formula is C21H37N5O2. The fourth-order valence-corrected chi connectivity index (χ4v) is 3.42. The van der Waals surface area contributed by atoms with E-state index in [2.05, 4.69) is 41.0 Å². The molecule has 1 aromatic carbocycles. The van der Waals surface area contributed by atoms with Crippen LogP contribution >= 0.6 is 0 Å². The van der Waals surface area contributed by atoms with Gasteiger partial charge in [0, 0.05) is 38.3 Å². The summed E-state index contributed by atoms with van der Waals surface area (Å²) in [6, 6.07) is 6.08. The number of nitrogens with two attached hydrogens (primary N) is 1. The van der Waals surface area contributed by atoms with Crippen LogP contribution in [0.4, 0.5) is 5.69 Å². The second kappa shape index (κ2) is 11.1. The summed E-state index contributed by atoms with van der Waals surface area (Å²) in [5.41, 5.74) is 6.98. The first-order chi connectivity index (χ1) is 13.4. The minimum atomic E-state index is 0.384. The molecule has 0 radical (unpaired) electrons. The Balaban J connectivity index is 2.06. The molecule has 1 aliphatic rings. The summed E-state index contributed by atoms with van der Waals surface area (Å²) < 4.78 is 11.3. The van der Waals surface area contributed by atoms with Crippen LogP contribution in [0, 0.1) is 5.92 Å². The van der Waals surface area contributed by atoms with Crippen LogP contribution in [0.2, 0.25) is 0 Å². The molecule has 0 bridgehead atoms. The molecule has 1 atom stereocenters. The number of aliphatic imine (C=N–C) groups is 1. The van der Waals surface area contributed by atoms with Crippen molar-refractivity contribution in [1.29, 1.82) is 0 Å². The van der Waals surface area contributed by atoms with Crippen molar-refractivity contribution in [3.63, 3.8) is 0 Å². The molecular weight excluding hydrogens is 354 g/mol. The van der Waals surface area contributed by atoms with Gasteiger partial charge in [-0.3, -0.25) is 9.89 Å². The van der Waals surface area contributed by atoms with Crippen molar-refractivity contribution in [1.82, 2.24) is 9.80 Å². The van der Waals surface area contributed by atoms with E-state index in [1.807, 2.05) is 32.0 Å². The maximum atomic E-state index is 6.21. The Kier molecular flexibility index (Phi) is 8.86. The Hall–Kier alpha value is -1.99. The van der Waals surface area contributed by atoms with Crippen molar-refractivity contribution in [2.45, 2.75) is 33.7 Å². The Morgan fingerprint density at radius 2 is 1.82 bits per heavy atom. The summed E-state index contributed by atoms with van der Waals surface area (Å²) in [6.45, 7) is 14.6. The topological polar surface area (TPSA) is 75.3 Å². The van der Waals surface area contributed by atoms with E-state index in [1.165, 1.54) is 0 Å². The number of nitrogens with one attached hydrogen (secondary N) is 1. The largest absolute Gasteiger partial charge is 0.494 e. The predicted molar refractivity (Wildman–Crippen MR) is 117 cm³/mol. The van der Waals surface area contributed by atoms with Crippen molar-refractivity contribution in [3.8, 4) is 11.5 Å². The third-order valence-corrected chi connectivity index (χ3v) is 5.05. The number of rotatable bonds is 9. The molecule has 1 fully saturated rings. The number of hydrogen-bond acceptors (Lipinski definition) is 5. The Bertz CT molecular complexity index is 627. The van der Waals surface area contributed by atoms with E-state index in [1.54, 1.807) is 0 Å². The van der Waals surface area contributed by atoms with Gasteiger partial charge in [-0.05, 0) is 38.9 Å². The Morgan fingerprint density at radius 3 is 2.43 bits per heavy atom. The van der Waals surface area contributed by atoms with Gasteiger partial charge < -0.3 is 25.4 Å². The van der Waals surface area contributed by atoms with Crippen LogP contribution in [-0.2, 0) is 0 Å². The van der Waals surface area contributed by atoms with E-state index in [4.69, 9.17) is 15.2 Å². The van der Waals surface area contributed by atoms with E-state index in [9.17, 15) is 0 Å². The molecule has 0 aliphatic carbocycles. The Labute approximate surface area is 169 Å². The van der Waals surface area contributed by atoms with E-state index in [0.717, 1.165) is 43.4 Å². The highest BCUT2D eigenvalue weighted by Gasteiger charge is 2.24. The van der Waals surface area contributed by atoms with Gasteiger partial charge in [-0.25, -0.2) is 0 Å². The number of anilines is 1. The van der Waals surface area contributed by atoms with Gasteiger partial charge >= 0.3 is 0 Å². The summed E-state index contributed by atoms with van der Waals surface area (Å²) >= 11 is 0. The molecule has 3 N–H and O–H groups in total. The van der Waals surface area contributed by atoms with Crippen LogP contribution < -0.4 is 20.5 Å². The van der Waals surface area contributed by atoms with E-state index in [-0.39, 0.29) is 0 Å². The molecule has 0 aromatic heterocycles. The van der Waals surface area contributed by atoms with Gasteiger partial charge in [0.15, 0.2) is 5.96 Å². The molecule has 28 heavy (non-hydrogen) atoms. The summed E-state index contributed by atoms with van der Waals surface area (Å²) in [4.78, 5) is 9.54. The van der Waals surface area contributed by atoms with E-state index < -0.39 is 0 Å². The summed E-state index contributed by atoms with van der Waals surface area (Å²) in [7, 11) is 2.17. The first kappa shape index (κ1) is 22.3. The normalized spacial score (nSPS) is 17.6. The van der Waals surface area contributed by atoms with Crippen molar-refractivity contribution in [2.24, 2.45) is 16.6 Å². The third kappa shape index (κ3) is 6.56. The molecule has 158 valence electrons. The lowest BCUT2D eigenvalue weighted by molar-refractivity contribution is 0.0926. The van der Waals surface area contributed by atoms with Crippen molar-refractivity contribution in [2.75, 3.05) is 58.3 Å². The van der Waals surface area contributed by atoms with Crippen molar-refractivity contribution >= 4 is 11.6 Å². The third-order valence-electron chi connectivity index (χ3n) is 5.05. The average Bonchev–Trinajstić information content (AvgIpc) is 2.65. The second-order valence-corrected chi connectivity index (χ2v) is 7.53. The highest BCUT2D eigenvalue weighted by Crippen LogP contribution is 2.29. The highest BCUT2D eigenvalue weighted by molar-refractivity contribution is 5.94. The highest BCUT2D eigenvalue weighted by atomic mass is 16.5. The van der Waals surface area contributed by atoms with E-state index >= 15 is 0 Å². The van der Waals surface area contributed by atoms with Crippen molar-refractivity contribution in [3.05, 3.63) is 18.2 Å². The Morgan fingerprint density at radius 1 is 1.14 bits per heavy atom. The average molecular weight is 392 g/mol. The fraction of sp³-hybridized carbons (Fsp3) is 0.667. The van der Waals surface area contributed by atoms with Crippen LogP contribution in [0.15, 0.2) is 23.2 Å². The molecule has 7 heteroatoms. The van der Waals surface area contributed by atoms with Gasteiger partial charge in [0.05, 0.1) is 25.4 Å². The standard InChI is InChI=1S/C21H37N5O2/c1-6-27-17-8-9-20(28-7-2)18(14-17)24-21(22)23-15-19(16(3)4)26-12-10-25(5)11-13-26/h8-9,14,16,19H,6-7,10-13,15H2,1-5H3,(H3,22,23,24). The summed E-state index contributed by atoms with van der Waals surface area (Å²) in [6.07, 6.45) is 0. The molecule has 0 spiro atoms. The lowest BCUT2D eigenvalue weighted by Gasteiger charge is -2.39. The number of guanidine groups is 1. The zero-order valence-corrected chi connectivity index (χ0v) is 18.1. The first-order valence-electron chi connectivity index (χ1n) is 10.3. The lowest BCUT2D eigenvalue weighted by Crippen LogP contribution is -2.51. The molecule has 2 rings (SSSR count). The smallest absolute Gasteiger partial charge is 0.193 e. The number of hydrogen-bond donors (Lipinski definition) is 2. The van der Waals surface area contributed by atoms with Gasteiger partial charge in [-0.2, -0.15) is 0 Å². The van der Waals surface area contributed by atoms with Crippen LogP contribution in [-0.4, -0.2) is 74.8 Å². The monoisotopic (exact) mass is 391 g/mol.